The SMILES string of the molecule is Cc1nn(C)c(C)c1CC(C)C(=O)Nc1cc(Br)ccn1. The Morgan fingerprint density at radius 1 is 1.48 bits per heavy atom. The summed E-state index contributed by atoms with van der Waals surface area (Å²) in [5.74, 6) is 0.372. The standard InChI is InChI=1S/C15H19BrN4O/c1-9(7-13-10(2)19-20(4)11(13)3)15(21)18-14-8-12(16)5-6-17-14/h5-6,8-9H,7H2,1-4H3,(H,17,18,21). The third-order valence-electron chi connectivity index (χ3n) is 3.59. The maximum absolute atomic E-state index is 12.3. The van der Waals surface area contributed by atoms with E-state index in [2.05, 4.69) is 31.3 Å². The Bertz CT molecular complexity index is 666. The number of aryl methyl sites for hydroxylation is 2. The Kier molecular flexibility index (Phi) is 4.77. The van der Waals surface area contributed by atoms with Gasteiger partial charge in [-0.1, -0.05) is 22.9 Å². The van der Waals surface area contributed by atoms with E-state index in [0.717, 1.165) is 21.4 Å². The molecule has 0 bridgehead atoms. The number of pyridine rings is 1. The van der Waals surface area contributed by atoms with Crippen LogP contribution in [0.5, 0.6) is 0 Å². The molecule has 1 atom stereocenters. The van der Waals surface area contributed by atoms with Gasteiger partial charge in [0.25, 0.3) is 0 Å². The fraction of sp³-hybridized carbons (Fsp3) is 0.400. The first-order valence-corrected chi connectivity index (χ1v) is 7.59. The second kappa shape index (κ2) is 6.39. The largest absolute Gasteiger partial charge is 0.310 e. The van der Waals surface area contributed by atoms with Gasteiger partial charge in [-0.25, -0.2) is 4.98 Å². The molecule has 1 amide bonds. The number of carbonyl (C=O) groups excluding carboxylic acids is 1. The number of rotatable bonds is 4. The van der Waals surface area contributed by atoms with Crippen LogP contribution >= 0.6 is 15.9 Å². The van der Waals surface area contributed by atoms with Crippen molar-refractivity contribution < 1.29 is 4.79 Å². The lowest BCUT2D eigenvalue weighted by molar-refractivity contribution is -0.119. The van der Waals surface area contributed by atoms with E-state index in [1.54, 1.807) is 12.3 Å². The summed E-state index contributed by atoms with van der Waals surface area (Å²) in [5, 5.41) is 7.23. The topological polar surface area (TPSA) is 59.8 Å². The zero-order valence-electron chi connectivity index (χ0n) is 12.6. The molecule has 0 saturated heterocycles. The van der Waals surface area contributed by atoms with Crippen LogP contribution in [-0.2, 0) is 18.3 Å². The number of anilines is 1. The third-order valence-corrected chi connectivity index (χ3v) is 4.08. The highest BCUT2D eigenvalue weighted by Crippen LogP contribution is 2.18. The number of hydrogen-bond acceptors (Lipinski definition) is 3. The normalized spacial score (nSPS) is 12.2. The fourth-order valence-electron chi connectivity index (χ4n) is 2.23. The van der Waals surface area contributed by atoms with Gasteiger partial charge in [-0.15, -0.1) is 0 Å². The predicted molar refractivity (Wildman–Crippen MR) is 86.1 cm³/mol. The average Bonchev–Trinajstić information content (AvgIpc) is 2.65. The smallest absolute Gasteiger partial charge is 0.228 e. The molecule has 0 radical (unpaired) electrons. The number of halogens is 1. The van der Waals surface area contributed by atoms with E-state index in [9.17, 15) is 4.79 Å². The first-order chi connectivity index (χ1) is 9.88. The second-order valence-electron chi connectivity index (χ2n) is 5.23. The van der Waals surface area contributed by atoms with E-state index < -0.39 is 0 Å². The molecule has 2 aromatic heterocycles. The summed E-state index contributed by atoms with van der Waals surface area (Å²) in [6.45, 7) is 5.91. The van der Waals surface area contributed by atoms with E-state index in [1.807, 2.05) is 38.6 Å². The van der Waals surface area contributed by atoms with Crippen molar-refractivity contribution in [2.45, 2.75) is 27.2 Å². The summed E-state index contributed by atoms with van der Waals surface area (Å²) >= 11 is 3.36. The van der Waals surface area contributed by atoms with Gasteiger partial charge in [0, 0.05) is 29.3 Å². The molecule has 2 heterocycles. The quantitative estimate of drug-likeness (QED) is 0.921. The van der Waals surface area contributed by atoms with Crippen LogP contribution in [0.2, 0.25) is 0 Å². The Balaban J connectivity index is 2.06. The van der Waals surface area contributed by atoms with Gasteiger partial charge >= 0.3 is 0 Å². The van der Waals surface area contributed by atoms with Crippen molar-refractivity contribution in [1.82, 2.24) is 14.8 Å². The molecule has 112 valence electrons. The summed E-state index contributed by atoms with van der Waals surface area (Å²) in [6, 6.07) is 3.60. The summed E-state index contributed by atoms with van der Waals surface area (Å²) in [4.78, 5) is 16.4. The van der Waals surface area contributed by atoms with E-state index in [1.165, 1.54) is 0 Å². The van der Waals surface area contributed by atoms with E-state index >= 15 is 0 Å². The number of amides is 1. The lowest BCUT2D eigenvalue weighted by atomic mass is 9.99. The monoisotopic (exact) mass is 350 g/mol. The van der Waals surface area contributed by atoms with Crippen LogP contribution in [0.1, 0.15) is 23.9 Å². The van der Waals surface area contributed by atoms with Crippen LogP contribution in [0.15, 0.2) is 22.8 Å². The molecule has 0 spiro atoms. The minimum Gasteiger partial charge on any atom is -0.310 e. The molecule has 2 aromatic rings. The van der Waals surface area contributed by atoms with Gasteiger partial charge in [-0.2, -0.15) is 5.10 Å². The molecule has 0 fully saturated rings. The van der Waals surface area contributed by atoms with Crippen LogP contribution in [0.25, 0.3) is 0 Å². The number of hydrogen-bond donors (Lipinski definition) is 1. The van der Waals surface area contributed by atoms with Crippen LogP contribution in [0.4, 0.5) is 5.82 Å². The van der Waals surface area contributed by atoms with Gasteiger partial charge in [0.15, 0.2) is 0 Å². The van der Waals surface area contributed by atoms with Crippen LogP contribution in [0.3, 0.4) is 0 Å². The summed E-state index contributed by atoms with van der Waals surface area (Å²) < 4.78 is 2.74. The van der Waals surface area contributed by atoms with Crippen molar-refractivity contribution >= 4 is 27.7 Å². The first kappa shape index (κ1) is 15.7. The zero-order chi connectivity index (χ0) is 15.6. The lowest BCUT2D eigenvalue weighted by Crippen LogP contribution is -2.23. The van der Waals surface area contributed by atoms with Crippen molar-refractivity contribution in [2.24, 2.45) is 13.0 Å². The highest BCUT2D eigenvalue weighted by molar-refractivity contribution is 9.10. The Morgan fingerprint density at radius 2 is 2.19 bits per heavy atom. The molecule has 2 rings (SSSR count). The molecule has 0 aliphatic carbocycles. The highest BCUT2D eigenvalue weighted by atomic mass is 79.9. The molecule has 1 unspecified atom stereocenters. The minimum absolute atomic E-state index is 0.0387. The lowest BCUT2D eigenvalue weighted by Gasteiger charge is -2.12. The van der Waals surface area contributed by atoms with Crippen LogP contribution < -0.4 is 5.32 Å². The summed E-state index contributed by atoms with van der Waals surface area (Å²) in [7, 11) is 1.92. The fourth-order valence-corrected chi connectivity index (χ4v) is 2.57. The van der Waals surface area contributed by atoms with Crippen LogP contribution in [-0.4, -0.2) is 20.7 Å². The molecule has 6 heteroatoms. The number of nitrogens with zero attached hydrogens (tertiary/aromatic N) is 3. The molecule has 21 heavy (non-hydrogen) atoms. The van der Waals surface area contributed by atoms with Crippen molar-refractivity contribution in [3.8, 4) is 0 Å². The van der Waals surface area contributed by atoms with Gasteiger partial charge in [0.2, 0.25) is 5.91 Å². The molecular formula is C15H19BrN4O. The second-order valence-corrected chi connectivity index (χ2v) is 6.14. The number of aromatic nitrogens is 3. The van der Waals surface area contributed by atoms with E-state index in [-0.39, 0.29) is 11.8 Å². The molecule has 0 saturated carbocycles. The molecule has 0 aliphatic heterocycles. The van der Waals surface area contributed by atoms with Crippen LogP contribution in [0, 0.1) is 19.8 Å². The number of nitrogens with one attached hydrogen (secondary N) is 1. The first-order valence-electron chi connectivity index (χ1n) is 6.80. The number of carbonyl (C=O) groups is 1. The van der Waals surface area contributed by atoms with Gasteiger partial charge in [0.05, 0.1) is 5.69 Å². The zero-order valence-corrected chi connectivity index (χ0v) is 14.2. The average molecular weight is 351 g/mol. The minimum atomic E-state index is -0.146. The van der Waals surface area contributed by atoms with Crippen molar-refractivity contribution in [3.63, 3.8) is 0 Å². The Labute approximate surface area is 132 Å². The van der Waals surface area contributed by atoms with Gasteiger partial charge in [0.1, 0.15) is 5.82 Å². The molecule has 0 aromatic carbocycles. The van der Waals surface area contributed by atoms with Gasteiger partial charge in [-0.3, -0.25) is 9.48 Å². The third kappa shape index (κ3) is 3.69. The molecular weight excluding hydrogens is 332 g/mol. The maximum Gasteiger partial charge on any atom is 0.228 e. The van der Waals surface area contributed by atoms with Crippen molar-refractivity contribution in [1.29, 1.82) is 0 Å². The van der Waals surface area contributed by atoms with Gasteiger partial charge in [-0.05, 0) is 38.0 Å². The summed E-state index contributed by atoms with van der Waals surface area (Å²) in [6.07, 6.45) is 2.32. The predicted octanol–water partition coefficient (Wildman–Crippen LogP) is 3.01. The van der Waals surface area contributed by atoms with Crippen molar-refractivity contribution in [3.05, 3.63) is 39.8 Å². The molecule has 1 N–H and O–H groups in total. The Hall–Kier alpha value is -1.69. The molecule has 5 nitrogen and oxygen atoms in total. The van der Waals surface area contributed by atoms with E-state index in [0.29, 0.717) is 12.2 Å². The highest BCUT2D eigenvalue weighted by Gasteiger charge is 2.18. The summed E-state index contributed by atoms with van der Waals surface area (Å²) in [5.41, 5.74) is 3.23. The van der Waals surface area contributed by atoms with Gasteiger partial charge < -0.3 is 5.32 Å². The maximum atomic E-state index is 12.3. The molecule has 0 aliphatic rings. The van der Waals surface area contributed by atoms with Crippen molar-refractivity contribution in [2.75, 3.05) is 5.32 Å². The van der Waals surface area contributed by atoms with E-state index in [4.69, 9.17) is 0 Å². The Morgan fingerprint density at radius 3 is 2.76 bits per heavy atom.